The summed E-state index contributed by atoms with van der Waals surface area (Å²) in [7, 11) is 0. The summed E-state index contributed by atoms with van der Waals surface area (Å²) in [5.74, 6) is -0.114. The fourth-order valence-corrected chi connectivity index (χ4v) is 3.63. The average molecular weight is 334 g/mol. The van der Waals surface area contributed by atoms with E-state index in [9.17, 15) is 4.79 Å². The molecule has 25 heavy (non-hydrogen) atoms. The van der Waals surface area contributed by atoms with Crippen molar-refractivity contribution >= 4 is 33.9 Å². The third kappa shape index (κ3) is 2.71. The topological polar surface area (TPSA) is 74.2 Å². The van der Waals surface area contributed by atoms with Gasteiger partial charge in [-0.2, -0.15) is 0 Å². The molecule has 5 heteroatoms. The van der Waals surface area contributed by atoms with Gasteiger partial charge in [0, 0.05) is 35.5 Å². The maximum Gasteiger partial charge on any atom is 0.257 e. The molecule has 0 saturated carbocycles. The summed E-state index contributed by atoms with van der Waals surface area (Å²) in [6.45, 7) is 4.21. The quantitative estimate of drug-likeness (QED) is 0.638. The Hall–Kier alpha value is -2.95. The molecule has 128 valence electrons. The zero-order valence-corrected chi connectivity index (χ0v) is 14.3. The molecule has 0 bridgehead atoms. The third-order valence-corrected chi connectivity index (χ3v) is 4.85. The Bertz CT molecular complexity index is 927. The summed E-state index contributed by atoms with van der Waals surface area (Å²) in [5.41, 5.74) is 11.2. The number of anilines is 3. The molecule has 4 rings (SSSR count). The number of fused-ring (bicyclic) bond motifs is 3. The number of benzene rings is 2. The Labute approximate surface area is 146 Å². The van der Waals surface area contributed by atoms with Crippen LogP contribution in [0, 0.1) is 0 Å². The van der Waals surface area contributed by atoms with Gasteiger partial charge in [0.25, 0.3) is 5.91 Å². The largest absolute Gasteiger partial charge is 0.399 e. The standard InChI is InChI=1S/C20H22N4O/c1-2-24-12-4-7-17-19(24)15-5-3-6-16(18(15)23-17)20(25)22-14-10-8-13(21)9-11-14/h3,5-6,8-11,23H,2,4,7,12,21H2,1H3,(H,22,25). The zero-order chi connectivity index (χ0) is 17.4. The summed E-state index contributed by atoms with van der Waals surface area (Å²) < 4.78 is 0. The van der Waals surface area contributed by atoms with E-state index >= 15 is 0 Å². The predicted octanol–water partition coefficient (Wildman–Crippen LogP) is 3.77. The number of H-pyrrole nitrogens is 1. The highest BCUT2D eigenvalue weighted by Crippen LogP contribution is 2.36. The molecule has 0 saturated heterocycles. The van der Waals surface area contributed by atoms with Gasteiger partial charge in [0.1, 0.15) is 0 Å². The third-order valence-electron chi connectivity index (χ3n) is 4.85. The van der Waals surface area contributed by atoms with E-state index < -0.39 is 0 Å². The van der Waals surface area contributed by atoms with Crippen molar-refractivity contribution in [1.29, 1.82) is 0 Å². The van der Waals surface area contributed by atoms with Crippen molar-refractivity contribution in [2.75, 3.05) is 29.0 Å². The number of aromatic nitrogens is 1. The van der Waals surface area contributed by atoms with Crippen molar-refractivity contribution in [1.82, 2.24) is 4.98 Å². The number of rotatable bonds is 3. The van der Waals surface area contributed by atoms with E-state index in [4.69, 9.17) is 5.73 Å². The molecule has 1 aromatic heterocycles. The highest BCUT2D eigenvalue weighted by molar-refractivity contribution is 6.14. The summed E-state index contributed by atoms with van der Waals surface area (Å²) >= 11 is 0. The van der Waals surface area contributed by atoms with Gasteiger partial charge in [-0.3, -0.25) is 4.79 Å². The van der Waals surface area contributed by atoms with Gasteiger partial charge in [-0.1, -0.05) is 12.1 Å². The van der Waals surface area contributed by atoms with Crippen molar-refractivity contribution in [3.8, 4) is 0 Å². The first-order valence-electron chi connectivity index (χ1n) is 8.72. The molecule has 4 N–H and O–H groups in total. The van der Waals surface area contributed by atoms with E-state index in [1.807, 2.05) is 24.3 Å². The highest BCUT2D eigenvalue weighted by atomic mass is 16.1. The van der Waals surface area contributed by atoms with Crippen molar-refractivity contribution in [2.24, 2.45) is 0 Å². The van der Waals surface area contributed by atoms with Crippen LogP contribution in [-0.2, 0) is 6.42 Å². The number of carbonyl (C=O) groups is 1. The van der Waals surface area contributed by atoms with Gasteiger partial charge in [-0.15, -0.1) is 0 Å². The van der Waals surface area contributed by atoms with Crippen molar-refractivity contribution < 1.29 is 4.79 Å². The summed E-state index contributed by atoms with van der Waals surface area (Å²) in [5, 5.41) is 4.08. The van der Waals surface area contributed by atoms with Crippen molar-refractivity contribution in [3.05, 3.63) is 53.7 Å². The Kier molecular flexibility index (Phi) is 3.84. The normalized spacial score (nSPS) is 13.7. The van der Waals surface area contributed by atoms with Gasteiger partial charge in [-0.05, 0) is 50.1 Å². The SMILES string of the molecule is CCN1CCCc2[nH]c3c(C(=O)Nc4ccc(N)cc4)cccc3c21. The second-order valence-corrected chi connectivity index (χ2v) is 6.44. The second kappa shape index (κ2) is 6.16. The molecule has 0 aliphatic carbocycles. The highest BCUT2D eigenvalue weighted by Gasteiger charge is 2.23. The first-order valence-corrected chi connectivity index (χ1v) is 8.72. The second-order valence-electron chi connectivity index (χ2n) is 6.44. The molecule has 0 radical (unpaired) electrons. The Morgan fingerprint density at radius 3 is 2.80 bits per heavy atom. The lowest BCUT2D eigenvalue weighted by Crippen LogP contribution is -2.28. The first kappa shape index (κ1) is 15.6. The molecule has 0 atom stereocenters. The minimum Gasteiger partial charge on any atom is -0.399 e. The van der Waals surface area contributed by atoms with Crippen LogP contribution in [0.4, 0.5) is 17.1 Å². The number of nitrogens with two attached hydrogens (primary N) is 1. The Morgan fingerprint density at radius 1 is 1.24 bits per heavy atom. The maximum absolute atomic E-state index is 12.8. The van der Waals surface area contributed by atoms with E-state index in [1.54, 1.807) is 12.1 Å². The van der Waals surface area contributed by atoms with E-state index in [0.717, 1.165) is 42.5 Å². The number of amides is 1. The van der Waals surface area contributed by atoms with Gasteiger partial charge in [0.05, 0.1) is 16.8 Å². The Morgan fingerprint density at radius 2 is 2.04 bits per heavy atom. The average Bonchev–Trinajstić information content (AvgIpc) is 3.02. The first-order chi connectivity index (χ1) is 12.2. The van der Waals surface area contributed by atoms with E-state index in [0.29, 0.717) is 11.3 Å². The van der Waals surface area contributed by atoms with Crippen LogP contribution in [0.3, 0.4) is 0 Å². The number of para-hydroxylation sites is 1. The molecule has 1 aliphatic rings. The lowest BCUT2D eigenvalue weighted by molar-refractivity contribution is 0.102. The smallest absolute Gasteiger partial charge is 0.257 e. The fourth-order valence-electron chi connectivity index (χ4n) is 3.63. The summed E-state index contributed by atoms with van der Waals surface area (Å²) in [6, 6.07) is 13.1. The number of nitrogens with zero attached hydrogens (tertiary/aromatic N) is 1. The van der Waals surface area contributed by atoms with Crippen LogP contribution in [-0.4, -0.2) is 24.0 Å². The molecule has 0 unspecified atom stereocenters. The van der Waals surface area contributed by atoms with Crippen molar-refractivity contribution in [2.45, 2.75) is 19.8 Å². The number of hydrogen-bond donors (Lipinski definition) is 3. The minimum absolute atomic E-state index is 0.114. The molecular formula is C20H22N4O. The number of aryl methyl sites for hydroxylation is 1. The van der Waals surface area contributed by atoms with Gasteiger partial charge in [0.2, 0.25) is 0 Å². The maximum atomic E-state index is 12.8. The molecule has 3 aromatic rings. The lowest BCUT2D eigenvalue weighted by atomic mass is 10.1. The zero-order valence-electron chi connectivity index (χ0n) is 14.3. The van der Waals surface area contributed by atoms with Crippen LogP contribution in [0.15, 0.2) is 42.5 Å². The molecule has 1 aliphatic heterocycles. The molecule has 2 heterocycles. The Balaban J connectivity index is 1.74. The van der Waals surface area contributed by atoms with Crippen molar-refractivity contribution in [3.63, 3.8) is 0 Å². The van der Waals surface area contributed by atoms with Gasteiger partial charge < -0.3 is 20.9 Å². The number of nitrogens with one attached hydrogen (secondary N) is 2. The van der Waals surface area contributed by atoms with Crippen LogP contribution in [0.1, 0.15) is 29.4 Å². The molecular weight excluding hydrogens is 312 g/mol. The number of aromatic amines is 1. The summed E-state index contributed by atoms with van der Waals surface area (Å²) in [4.78, 5) is 18.7. The fraction of sp³-hybridized carbons (Fsp3) is 0.250. The predicted molar refractivity (Wildman–Crippen MR) is 103 cm³/mol. The molecule has 5 nitrogen and oxygen atoms in total. The van der Waals surface area contributed by atoms with Gasteiger partial charge in [-0.25, -0.2) is 0 Å². The summed E-state index contributed by atoms with van der Waals surface area (Å²) in [6.07, 6.45) is 2.17. The van der Waals surface area contributed by atoms with Gasteiger partial charge in [0.15, 0.2) is 0 Å². The van der Waals surface area contributed by atoms with Gasteiger partial charge >= 0.3 is 0 Å². The van der Waals surface area contributed by atoms with E-state index in [2.05, 4.69) is 28.2 Å². The van der Waals surface area contributed by atoms with E-state index in [-0.39, 0.29) is 5.91 Å². The monoisotopic (exact) mass is 334 g/mol. The number of hydrogen-bond acceptors (Lipinski definition) is 3. The number of carbonyl (C=O) groups excluding carboxylic acids is 1. The van der Waals surface area contributed by atoms with Crippen LogP contribution in [0.25, 0.3) is 10.9 Å². The molecule has 0 fully saturated rings. The van der Waals surface area contributed by atoms with E-state index in [1.165, 1.54) is 11.4 Å². The minimum atomic E-state index is -0.114. The molecule has 0 spiro atoms. The number of nitrogen functional groups attached to an aromatic ring is 1. The molecule has 2 aromatic carbocycles. The van der Waals surface area contributed by atoms with Crippen LogP contribution in [0.2, 0.25) is 0 Å². The van der Waals surface area contributed by atoms with Crippen LogP contribution in [0.5, 0.6) is 0 Å². The molecule has 1 amide bonds. The lowest BCUT2D eigenvalue weighted by Gasteiger charge is -2.28. The van der Waals surface area contributed by atoms with Crippen LogP contribution >= 0.6 is 0 Å². The van der Waals surface area contributed by atoms with Crippen LogP contribution < -0.4 is 16.0 Å².